The van der Waals surface area contributed by atoms with Gasteiger partial charge in [-0.3, -0.25) is 9.78 Å². The van der Waals surface area contributed by atoms with E-state index in [9.17, 15) is 4.79 Å². The van der Waals surface area contributed by atoms with Gasteiger partial charge in [-0.25, -0.2) is 0 Å². The molecule has 128 valence electrons. The van der Waals surface area contributed by atoms with Gasteiger partial charge in [0.25, 0.3) is 0 Å². The second-order valence-electron chi connectivity index (χ2n) is 7.48. The number of hydrogen-bond donors (Lipinski definition) is 1. The summed E-state index contributed by atoms with van der Waals surface area (Å²) < 4.78 is 0. The Labute approximate surface area is 144 Å². The average Bonchev–Trinajstić information content (AvgIpc) is 2.91. The third-order valence-corrected chi connectivity index (χ3v) is 5.16. The van der Waals surface area contributed by atoms with Gasteiger partial charge in [-0.15, -0.1) is 0 Å². The smallest absolute Gasteiger partial charge is 0.222 e. The summed E-state index contributed by atoms with van der Waals surface area (Å²) in [6.07, 6.45) is 4.69. The normalized spacial score (nSPS) is 18.9. The van der Waals surface area contributed by atoms with Crippen LogP contribution in [0.25, 0.3) is 10.8 Å². The molecule has 1 fully saturated rings. The van der Waals surface area contributed by atoms with Crippen LogP contribution < -0.4 is 5.32 Å². The lowest BCUT2D eigenvalue weighted by Crippen LogP contribution is -2.44. The van der Waals surface area contributed by atoms with E-state index in [1.54, 1.807) is 0 Å². The third kappa shape index (κ3) is 3.29. The zero-order chi connectivity index (χ0) is 17.3. The lowest BCUT2D eigenvalue weighted by Gasteiger charge is -2.28. The number of nitrogens with zero attached hydrogens (tertiary/aromatic N) is 2. The molecule has 0 aliphatic carbocycles. The highest BCUT2D eigenvalue weighted by Gasteiger charge is 2.29. The summed E-state index contributed by atoms with van der Waals surface area (Å²) in [7, 11) is 2.10. The maximum Gasteiger partial charge on any atom is 0.222 e. The highest BCUT2D eigenvalue weighted by molar-refractivity contribution is 5.88. The third-order valence-electron chi connectivity index (χ3n) is 5.16. The first-order valence-electron chi connectivity index (χ1n) is 8.74. The summed E-state index contributed by atoms with van der Waals surface area (Å²) in [4.78, 5) is 19.4. The standard InChI is InChI=1S/C20H27N3O/c1-14-7-5-9-17-16(14)10-11-21-19(17)20(2,3)22-18(24)13-15-8-6-12-23(15)4/h5,7,9-11,15H,6,8,12-13H2,1-4H3,(H,22,24). The Morgan fingerprint density at radius 1 is 1.33 bits per heavy atom. The Balaban J connectivity index is 1.83. The summed E-state index contributed by atoms with van der Waals surface area (Å²) in [6.45, 7) is 7.26. The Hall–Kier alpha value is -1.94. The lowest BCUT2D eigenvalue weighted by atomic mass is 9.93. The van der Waals surface area contributed by atoms with Crippen molar-refractivity contribution in [3.8, 4) is 0 Å². The molecule has 0 saturated carbocycles. The molecular weight excluding hydrogens is 298 g/mol. The summed E-state index contributed by atoms with van der Waals surface area (Å²) in [6, 6.07) is 8.65. The highest BCUT2D eigenvalue weighted by atomic mass is 16.1. The van der Waals surface area contributed by atoms with Crippen LogP contribution in [-0.2, 0) is 10.3 Å². The number of fused-ring (bicyclic) bond motifs is 1. The van der Waals surface area contributed by atoms with Crippen molar-refractivity contribution in [2.75, 3.05) is 13.6 Å². The second kappa shape index (κ2) is 6.52. The van der Waals surface area contributed by atoms with E-state index in [1.807, 2.05) is 32.2 Å². The molecule has 2 aromatic rings. The van der Waals surface area contributed by atoms with Gasteiger partial charge in [-0.05, 0) is 64.2 Å². The van der Waals surface area contributed by atoms with Gasteiger partial charge in [0.1, 0.15) is 0 Å². The van der Waals surface area contributed by atoms with Crippen LogP contribution >= 0.6 is 0 Å². The lowest BCUT2D eigenvalue weighted by molar-refractivity contribution is -0.123. The zero-order valence-corrected chi connectivity index (χ0v) is 15.1. The molecule has 1 N–H and O–H groups in total. The van der Waals surface area contributed by atoms with Crippen LogP contribution in [0.2, 0.25) is 0 Å². The number of benzene rings is 1. The summed E-state index contributed by atoms with van der Waals surface area (Å²) in [5.74, 6) is 0.102. The maximum absolute atomic E-state index is 12.6. The van der Waals surface area contributed by atoms with Crippen LogP contribution in [-0.4, -0.2) is 35.4 Å². The molecule has 4 heteroatoms. The minimum Gasteiger partial charge on any atom is -0.346 e. The van der Waals surface area contributed by atoms with Gasteiger partial charge in [-0.2, -0.15) is 0 Å². The van der Waals surface area contributed by atoms with Crippen molar-refractivity contribution in [2.45, 2.75) is 51.6 Å². The van der Waals surface area contributed by atoms with Crippen LogP contribution in [0.1, 0.15) is 44.4 Å². The molecule has 1 amide bonds. The molecule has 1 atom stereocenters. The molecule has 0 bridgehead atoms. The fourth-order valence-electron chi connectivity index (χ4n) is 3.77. The number of carbonyl (C=O) groups is 1. The van der Waals surface area contributed by atoms with Crippen LogP contribution in [0.15, 0.2) is 30.5 Å². The van der Waals surface area contributed by atoms with E-state index in [0.717, 1.165) is 24.0 Å². The van der Waals surface area contributed by atoms with E-state index in [1.165, 1.54) is 17.4 Å². The molecule has 0 spiro atoms. The second-order valence-corrected chi connectivity index (χ2v) is 7.48. The predicted octanol–water partition coefficient (Wildman–Crippen LogP) is 3.38. The van der Waals surface area contributed by atoms with Gasteiger partial charge in [-0.1, -0.05) is 18.2 Å². The van der Waals surface area contributed by atoms with E-state index in [2.05, 4.69) is 41.3 Å². The molecule has 1 saturated heterocycles. The Bertz CT molecular complexity index is 754. The van der Waals surface area contributed by atoms with Crippen molar-refractivity contribution < 1.29 is 4.79 Å². The van der Waals surface area contributed by atoms with Gasteiger partial charge >= 0.3 is 0 Å². The number of nitrogens with one attached hydrogen (secondary N) is 1. The molecule has 2 heterocycles. The average molecular weight is 325 g/mol. The quantitative estimate of drug-likeness (QED) is 0.937. The fraction of sp³-hybridized carbons (Fsp3) is 0.500. The van der Waals surface area contributed by atoms with Crippen molar-refractivity contribution in [1.82, 2.24) is 15.2 Å². The SMILES string of the molecule is Cc1cccc2c(C(C)(C)NC(=O)CC3CCCN3C)nccc12. The first-order chi connectivity index (χ1) is 11.4. The number of pyridine rings is 1. The van der Waals surface area contributed by atoms with Crippen molar-refractivity contribution in [2.24, 2.45) is 0 Å². The summed E-state index contributed by atoms with van der Waals surface area (Å²) >= 11 is 0. The first kappa shape index (κ1) is 16.9. The monoisotopic (exact) mass is 325 g/mol. The molecule has 0 radical (unpaired) electrons. The van der Waals surface area contributed by atoms with Crippen LogP contribution in [0, 0.1) is 6.92 Å². The van der Waals surface area contributed by atoms with Gasteiger partial charge in [0.15, 0.2) is 0 Å². The highest BCUT2D eigenvalue weighted by Crippen LogP contribution is 2.28. The van der Waals surface area contributed by atoms with E-state index in [-0.39, 0.29) is 5.91 Å². The van der Waals surface area contributed by atoms with E-state index >= 15 is 0 Å². The molecule has 3 rings (SSSR count). The van der Waals surface area contributed by atoms with E-state index in [0.29, 0.717) is 12.5 Å². The molecular formula is C20H27N3O. The molecule has 1 unspecified atom stereocenters. The van der Waals surface area contributed by atoms with E-state index in [4.69, 9.17) is 0 Å². The number of likely N-dealkylation sites (tertiary alicyclic amines) is 1. The molecule has 1 aromatic carbocycles. The van der Waals surface area contributed by atoms with Crippen LogP contribution in [0.5, 0.6) is 0 Å². The minimum atomic E-state index is -0.498. The Morgan fingerprint density at radius 3 is 2.83 bits per heavy atom. The van der Waals surface area contributed by atoms with Gasteiger partial charge in [0.05, 0.1) is 11.2 Å². The predicted molar refractivity (Wildman–Crippen MR) is 97.9 cm³/mol. The van der Waals surface area contributed by atoms with Crippen molar-refractivity contribution in [3.63, 3.8) is 0 Å². The zero-order valence-electron chi connectivity index (χ0n) is 15.1. The van der Waals surface area contributed by atoms with Crippen LogP contribution in [0.3, 0.4) is 0 Å². The number of amides is 1. The molecule has 24 heavy (non-hydrogen) atoms. The molecule has 4 nitrogen and oxygen atoms in total. The fourth-order valence-corrected chi connectivity index (χ4v) is 3.77. The number of aromatic nitrogens is 1. The number of hydrogen-bond acceptors (Lipinski definition) is 3. The Kier molecular flexibility index (Phi) is 4.59. The first-order valence-corrected chi connectivity index (χ1v) is 8.74. The summed E-state index contributed by atoms with van der Waals surface area (Å²) in [5, 5.41) is 5.51. The number of carbonyl (C=O) groups excluding carboxylic acids is 1. The minimum absolute atomic E-state index is 0.102. The van der Waals surface area contributed by atoms with Crippen molar-refractivity contribution in [3.05, 3.63) is 41.7 Å². The number of rotatable bonds is 4. The topological polar surface area (TPSA) is 45.2 Å². The van der Waals surface area contributed by atoms with E-state index < -0.39 is 5.54 Å². The largest absolute Gasteiger partial charge is 0.346 e. The van der Waals surface area contributed by atoms with Gasteiger partial charge in [0, 0.05) is 24.0 Å². The van der Waals surface area contributed by atoms with Crippen molar-refractivity contribution >= 4 is 16.7 Å². The van der Waals surface area contributed by atoms with Gasteiger partial charge in [0.2, 0.25) is 5.91 Å². The molecule has 1 aliphatic rings. The molecule has 1 aromatic heterocycles. The maximum atomic E-state index is 12.6. The molecule has 1 aliphatic heterocycles. The van der Waals surface area contributed by atoms with Crippen LogP contribution in [0.4, 0.5) is 0 Å². The van der Waals surface area contributed by atoms with Crippen molar-refractivity contribution in [1.29, 1.82) is 0 Å². The Morgan fingerprint density at radius 2 is 2.12 bits per heavy atom. The number of aryl methyl sites for hydroxylation is 1. The summed E-state index contributed by atoms with van der Waals surface area (Å²) in [5.41, 5.74) is 1.66. The van der Waals surface area contributed by atoms with Gasteiger partial charge < -0.3 is 10.2 Å².